The van der Waals surface area contributed by atoms with Gasteiger partial charge in [0.25, 0.3) is 0 Å². The maximum absolute atomic E-state index is 11.7. The zero-order valence-corrected chi connectivity index (χ0v) is 11.5. The number of rotatable bonds is 6. The van der Waals surface area contributed by atoms with Crippen LogP contribution in [0.3, 0.4) is 0 Å². The lowest BCUT2D eigenvalue weighted by atomic mass is 10.2. The van der Waals surface area contributed by atoms with Gasteiger partial charge in [0.2, 0.25) is 5.91 Å². The summed E-state index contributed by atoms with van der Waals surface area (Å²) in [7, 11) is 0. The fourth-order valence-corrected chi connectivity index (χ4v) is 2.28. The Bertz CT molecular complexity index is 605. The zero-order chi connectivity index (χ0) is 14.2. The lowest BCUT2D eigenvalue weighted by Gasteiger charge is -2.05. The Morgan fingerprint density at radius 3 is 3.15 bits per heavy atom. The van der Waals surface area contributed by atoms with Gasteiger partial charge in [-0.3, -0.25) is 9.89 Å². The van der Waals surface area contributed by atoms with Gasteiger partial charge in [-0.25, -0.2) is 4.98 Å². The van der Waals surface area contributed by atoms with E-state index < -0.39 is 0 Å². The molecule has 1 aromatic carbocycles. The second kappa shape index (κ2) is 7.31. The first kappa shape index (κ1) is 14.1. The third-order valence-corrected chi connectivity index (χ3v) is 3.42. The van der Waals surface area contributed by atoms with Gasteiger partial charge in [0.15, 0.2) is 5.16 Å². The van der Waals surface area contributed by atoms with Gasteiger partial charge in [-0.05, 0) is 24.6 Å². The van der Waals surface area contributed by atoms with E-state index in [2.05, 4.69) is 20.5 Å². The standard InChI is InChI=1S/C13H13N5OS/c14-8-10-3-1-4-11(7-10)17-12(19)5-2-6-20-13-15-9-16-18-13/h1,3-4,7,9H,2,5-6H2,(H,17,19)(H,15,16,18). The third-order valence-electron chi connectivity index (χ3n) is 2.46. The van der Waals surface area contributed by atoms with Crippen LogP contribution in [0, 0.1) is 11.3 Å². The zero-order valence-electron chi connectivity index (χ0n) is 10.7. The van der Waals surface area contributed by atoms with E-state index in [4.69, 9.17) is 5.26 Å². The Balaban J connectivity index is 1.71. The van der Waals surface area contributed by atoms with Gasteiger partial charge in [0, 0.05) is 17.9 Å². The lowest BCUT2D eigenvalue weighted by Crippen LogP contribution is -2.11. The molecule has 0 atom stereocenters. The van der Waals surface area contributed by atoms with Crippen LogP contribution in [0.25, 0.3) is 0 Å². The van der Waals surface area contributed by atoms with Gasteiger partial charge in [-0.1, -0.05) is 17.8 Å². The molecular weight excluding hydrogens is 274 g/mol. The Morgan fingerprint density at radius 2 is 2.40 bits per heavy atom. The highest BCUT2D eigenvalue weighted by Gasteiger charge is 2.04. The minimum atomic E-state index is -0.0572. The number of aromatic amines is 1. The van der Waals surface area contributed by atoms with Crippen molar-refractivity contribution in [1.29, 1.82) is 5.26 Å². The number of nitrogens with zero attached hydrogens (tertiary/aromatic N) is 3. The monoisotopic (exact) mass is 287 g/mol. The van der Waals surface area contributed by atoms with E-state index in [1.807, 2.05) is 6.07 Å². The molecule has 2 N–H and O–H groups in total. The molecule has 2 rings (SSSR count). The molecule has 0 bridgehead atoms. The number of nitrogens with one attached hydrogen (secondary N) is 2. The van der Waals surface area contributed by atoms with E-state index in [1.165, 1.54) is 18.1 Å². The van der Waals surface area contributed by atoms with Gasteiger partial charge in [0.05, 0.1) is 11.6 Å². The second-order valence-corrected chi connectivity index (χ2v) is 5.07. The van der Waals surface area contributed by atoms with E-state index in [9.17, 15) is 4.79 Å². The highest BCUT2D eigenvalue weighted by molar-refractivity contribution is 7.99. The molecule has 0 aliphatic rings. The van der Waals surface area contributed by atoms with Gasteiger partial charge in [-0.2, -0.15) is 10.4 Å². The summed E-state index contributed by atoms with van der Waals surface area (Å²) in [6.07, 6.45) is 2.63. The van der Waals surface area contributed by atoms with Crippen LogP contribution in [0.2, 0.25) is 0 Å². The molecular formula is C13H13N5OS. The fourth-order valence-electron chi connectivity index (χ4n) is 1.56. The minimum absolute atomic E-state index is 0.0572. The van der Waals surface area contributed by atoms with Crippen molar-refractivity contribution in [3.05, 3.63) is 36.2 Å². The first-order valence-corrected chi connectivity index (χ1v) is 7.04. The van der Waals surface area contributed by atoms with Gasteiger partial charge >= 0.3 is 0 Å². The largest absolute Gasteiger partial charge is 0.326 e. The molecule has 0 spiro atoms. The fraction of sp³-hybridized carbons (Fsp3) is 0.231. The highest BCUT2D eigenvalue weighted by atomic mass is 32.2. The number of aromatic nitrogens is 3. The van der Waals surface area contributed by atoms with Crippen LogP contribution in [0.4, 0.5) is 5.69 Å². The van der Waals surface area contributed by atoms with E-state index >= 15 is 0 Å². The molecule has 0 radical (unpaired) electrons. The number of nitriles is 1. The Morgan fingerprint density at radius 1 is 1.50 bits per heavy atom. The van der Waals surface area contributed by atoms with Crippen LogP contribution < -0.4 is 5.32 Å². The molecule has 0 aliphatic heterocycles. The summed E-state index contributed by atoms with van der Waals surface area (Å²) in [5.74, 6) is 0.735. The summed E-state index contributed by atoms with van der Waals surface area (Å²) in [4.78, 5) is 15.7. The quantitative estimate of drug-likeness (QED) is 0.627. The molecule has 2 aromatic rings. The summed E-state index contributed by atoms with van der Waals surface area (Å²) in [5, 5.41) is 18.8. The van der Waals surface area contributed by atoms with Gasteiger partial charge < -0.3 is 5.32 Å². The molecule has 0 aliphatic carbocycles. The predicted octanol–water partition coefficient (Wildman–Crippen LogP) is 2.19. The van der Waals surface area contributed by atoms with E-state index in [0.717, 1.165) is 17.3 Å². The lowest BCUT2D eigenvalue weighted by molar-refractivity contribution is -0.116. The number of carbonyl (C=O) groups excluding carboxylic acids is 1. The SMILES string of the molecule is N#Cc1cccc(NC(=O)CCCSc2ncn[nH]2)c1. The molecule has 20 heavy (non-hydrogen) atoms. The maximum Gasteiger partial charge on any atom is 0.224 e. The summed E-state index contributed by atoms with van der Waals surface area (Å²) in [6.45, 7) is 0. The van der Waals surface area contributed by atoms with Crippen LogP contribution in [0.5, 0.6) is 0 Å². The first-order valence-electron chi connectivity index (χ1n) is 6.06. The summed E-state index contributed by atoms with van der Waals surface area (Å²) >= 11 is 1.53. The summed E-state index contributed by atoms with van der Waals surface area (Å²) < 4.78 is 0. The van der Waals surface area contributed by atoms with E-state index in [1.54, 1.807) is 24.3 Å². The van der Waals surface area contributed by atoms with Crippen molar-refractivity contribution in [2.75, 3.05) is 11.1 Å². The van der Waals surface area contributed by atoms with E-state index in [0.29, 0.717) is 17.7 Å². The maximum atomic E-state index is 11.7. The molecule has 0 saturated carbocycles. The molecule has 1 aromatic heterocycles. The Kier molecular flexibility index (Phi) is 5.15. The second-order valence-electron chi connectivity index (χ2n) is 3.98. The number of amides is 1. The highest BCUT2D eigenvalue weighted by Crippen LogP contribution is 2.14. The van der Waals surface area contributed by atoms with Crippen molar-refractivity contribution in [3.8, 4) is 6.07 Å². The average Bonchev–Trinajstić information content (AvgIpc) is 2.97. The van der Waals surface area contributed by atoms with Crippen molar-refractivity contribution >= 4 is 23.4 Å². The van der Waals surface area contributed by atoms with Crippen LogP contribution >= 0.6 is 11.8 Å². The number of thioether (sulfide) groups is 1. The number of anilines is 1. The van der Waals surface area contributed by atoms with Crippen LogP contribution in [-0.4, -0.2) is 26.8 Å². The molecule has 1 heterocycles. The number of hydrogen-bond acceptors (Lipinski definition) is 5. The van der Waals surface area contributed by atoms with Crippen molar-refractivity contribution < 1.29 is 4.79 Å². The topological polar surface area (TPSA) is 94.5 Å². The molecule has 102 valence electrons. The number of carbonyl (C=O) groups is 1. The number of hydrogen-bond donors (Lipinski definition) is 2. The van der Waals surface area contributed by atoms with Gasteiger partial charge in [-0.15, -0.1) is 0 Å². The van der Waals surface area contributed by atoms with Crippen LogP contribution in [0.15, 0.2) is 35.7 Å². The smallest absolute Gasteiger partial charge is 0.224 e. The Hall–Kier alpha value is -2.33. The molecule has 6 nitrogen and oxygen atoms in total. The van der Waals surface area contributed by atoms with Crippen molar-refractivity contribution in [2.24, 2.45) is 0 Å². The number of H-pyrrole nitrogens is 1. The van der Waals surface area contributed by atoms with E-state index in [-0.39, 0.29) is 5.91 Å². The normalized spacial score (nSPS) is 9.95. The van der Waals surface area contributed by atoms with Gasteiger partial charge in [0.1, 0.15) is 6.33 Å². The molecule has 0 fully saturated rings. The molecule has 7 heteroatoms. The molecule has 1 amide bonds. The molecule has 0 saturated heterocycles. The summed E-state index contributed by atoms with van der Waals surface area (Å²) in [6, 6.07) is 8.90. The minimum Gasteiger partial charge on any atom is -0.326 e. The van der Waals surface area contributed by atoms with Crippen LogP contribution in [0.1, 0.15) is 18.4 Å². The van der Waals surface area contributed by atoms with Crippen LogP contribution in [-0.2, 0) is 4.79 Å². The third kappa shape index (κ3) is 4.40. The van der Waals surface area contributed by atoms with Crippen molar-refractivity contribution in [1.82, 2.24) is 15.2 Å². The first-order chi connectivity index (χ1) is 9.78. The molecule has 0 unspecified atom stereocenters. The van der Waals surface area contributed by atoms with Crippen molar-refractivity contribution in [2.45, 2.75) is 18.0 Å². The number of benzene rings is 1. The average molecular weight is 287 g/mol. The van der Waals surface area contributed by atoms with Crippen molar-refractivity contribution in [3.63, 3.8) is 0 Å². The summed E-state index contributed by atoms with van der Waals surface area (Å²) in [5.41, 5.74) is 1.18. The Labute approximate surface area is 120 Å². The predicted molar refractivity (Wildman–Crippen MR) is 76.1 cm³/mol.